The van der Waals surface area contributed by atoms with Gasteiger partial charge in [-0.1, -0.05) is 42.1 Å². The number of fused-ring (bicyclic) bond motifs is 1. The van der Waals surface area contributed by atoms with Gasteiger partial charge < -0.3 is 0 Å². The van der Waals surface area contributed by atoms with Gasteiger partial charge in [0.25, 0.3) is 5.69 Å². The molecule has 2 aromatic carbocycles. The Morgan fingerprint density at radius 3 is 2.71 bits per heavy atom. The van der Waals surface area contributed by atoms with Crippen LogP contribution in [0.4, 0.5) is 5.69 Å². The molecule has 0 spiro atoms. The quantitative estimate of drug-likeness (QED) is 0.383. The molecule has 4 nitrogen and oxygen atoms in total. The number of hydrogen-bond donors (Lipinski definition) is 0. The van der Waals surface area contributed by atoms with Gasteiger partial charge in [0.1, 0.15) is 0 Å². The van der Waals surface area contributed by atoms with Crippen LogP contribution < -0.4 is 0 Å². The zero-order valence-electron chi connectivity index (χ0n) is 11.2. The average molecular weight is 316 g/mol. The maximum Gasteiger partial charge on any atom is 0.270 e. The molecule has 0 N–H and O–H groups in total. The van der Waals surface area contributed by atoms with Crippen molar-refractivity contribution in [2.24, 2.45) is 0 Å². The number of aromatic nitrogens is 1. The van der Waals surface area contributed by atoms with Gasteiger partial charge in [0.15, 0.2) is 4.34 Å². The summed E-state index contributed by atoms with van der Waals surface area (Å²) in [7, 11) is 0. The van der Waals surface area contributed by atoms with Gasteiger partial charge in [0.05, 0.1) is 15.1 Å². The van der Waals surface area contributed by atoms with Crippen LogP contribution in [0.15, 0.2) is 52.9 Å². The number of hydrogen-bond acceptors (Lipinski definition) is 5. The molecular weight excluding hydrogens is 304 g/mol. The third kappa shape index (κ3) is 3.06. The fourth-order valence-electron chi connectivity index (χ4n) is 2.00. The molecule has 21 heavy (non-hydrogen) atoms. The first-order chi connectivity index (χ1) is 10.1. The summed E-state index contributed by atoms with van der Waals surface area (Å²) in [5, 5.41) is 11.1. The fraction of sp³-hybridized carbons (Fsp3) is 0.133. The van der Waals surface area contributed by atoms with Crippen molar-refractivity contribution in [2.75, 3.05) is 0 Å². The summed E-state index contributed by atoms with van der Waals surface area (Å²) in [6.45, 7) is 2.13. The molecule has 0 saturated heterocycles. The monoisotopic (exact) mass is 316 g/mol. The topological polar surface area (TPSA) is 56.0 Å². The van der Waals surface area contributed by atoms with Gasteiger partial charge in [0, 0.05) is 17.4 Å². The van der Waals surface area contributed by atoms with Crippen molar-refractivity contribution < 1.29 is 4.92 Å². The highest BCUT2D eigenvalue weighted by atomic mass is 32.2. The van der Waals surface area contributed by atoms with E-state index in [1.165, 1.54) is 23.0 Å². The Morgan fingerprint density at radius 2 is 2.00 bits per heavy atom. The summed E-state index contributed by atoms with van der Waals surface area (Å²) < 4.78 is 1.79. The lowest BCUT2D eigenvalue weighted by molar-refractivity contribution is -0.384. The van der Waals surface area contributed by atoms with Crippen LogP contribution >= 0.6 is 23.1 Å². The Morgan fingerprint density at radius 1 is 1.24 bits per heavy atom. The van der Waals surface area contributed by atoms with E-state index in [4.69, 9.17) is 0 Å². The third-order valence-electron chi connectivity index (χ3n) is 3.11. The van der Waals surface area contributed by atoms with Gasteiger partial charge in [-0.15, -0.1) is 11.3 Å². The minimum absolute atomic E-state index is 0.110. The summed E-state index contributed by atoms with van der Waals surface area (Å²) in [5.74, 6) is 0. The Labute approximate surface area is 130 Å². The third-order valence-corrected chi connectivity index (χ3v) is 5.38. The number of rotatable bonds is 4. The van der Waals surface area contributed by atoms with E-state index in [9.17, 15) is 10.1 Å². The van der Waals surface area contributed by atoms with Gasteiger partial charge in [-0.3, -0.25) is 10.1 Å². The molecule has 1 atom stereocenters. The maximum atomic E-state index is 10.8. The predicted molar refractivity (Wildman–Crippen MR) is 87.0 cm³/mol. The first-order valence-electron chi connectivity index (χ1n) is 6.40. The van der Waals surface area contributed by atoms with E-state index in [1.54, 1.807) is 23.9 Å². The number of thiazole rings is 1. The van der Waals surface area contributed by atoms with E-state index in [-0.39, 0.29) is 10.6 Å². The van der Waals surface area contributed by atoms with Crippen LogP contribution in [0.1, 0.15) is 17.7 Å². The van der Waals surface area contributed by atoms with Crippen molar-refractivity contribution in [1.29, 1.82) is 0 Å². The largest absolute Gasteiger partial charge is 0.270 e. The molecule has 0 aliphatic carbocycles. The Hall–Kier alpha value is -1.92. The molecule has 0 radical (unpaired) electrons. The van der Waals surface area contributed by atoms with Crippen molar-refractivity contribution in [1.82, 2.24) is 4.98 Å². The molecule has 6 heteroatoms. The van der Waals surface area contributed by atoms with E-state index in [0.717, 1.165) is 14.6 Å². The van der Waals surface area contributed by atoms with Gasteiger partial charge in [0.2, 0.25) is 0 Å². The molecule has 1 heterocycles. The lowest BCUT2D eigenvalue weighted by atomic mass is 10.2. The number of benzene rings is 2. The second-order valence-corrected chi connectivity index (χ2v) is 7.18. The van der Waals surface area contributed by atoms with Crippen LogP contribution in [0, 0.1) is 10.1 Å². The Kier molecular flexibility index (Phi) is 3.90. The Balaban J connectivity index is 1.86. The highest BCUT2D eigenvalue weighted by Crippen LogP contribution is 2.39. The van der Waals surface area contributed by atoms with Crippen molar-refractivity contribution in [3.05, 3.63) is 64.2 Å². The molecule has 106 valence electrons. The molecule has 3 aromatic rings. The van der Waals surface area contributed by atoms with Crippen LogP contribution in [-0.2, 0) is 0 Å². The molecule has 0 saturated carbocycles. The molecule has 1 unspecified atom stereocenters. The molecule has 0 aliphatic rings. The van der Waals surface area contributed by atoms with Gasteiger partial charge in [-0.2, -0.15) is 0 Å². The number of nitro groups is 1. The minimum atomic E-state index is -0.376. The fourth-order valence-corrected chi connectivity index (χ4v) is 4.37. The number of nitro benzene ring substituents is 1. The smallest absolute Gasteiger partial charge is 0.258 e. The van der Waals surface area contributed by atoms with Gasteiger partial charge >= 0.3 is 0 Å². The summed E-state index contributed by atoms with van der Waals surface area (Å²) in [6, 6.07) is 15.0. The second-order valence-electron chi connectivity index (χ2n) is 4.56. The van der Waals surface area contributed by atoms with Crippen LogP contribution in [0.5, 0.6) is 0 Å². The lowest BCUT2D eigenvalue weighted by Gasteiger charge is -2.08. The van der Waals surface area contributed by atoms with E-state index in [0.29, 0.717) is 5.25 Å². The molecular formula is C15H12N2O2S2. The van der Waals surface area contributed by atoms with Crippen LogP contribution in [0.25, 0.3) is 10.2 Å². The van der Waals surface area contributed by atoms with Crippen LogP contribution in [0.2, 0.25) is 0 Å². The van der Waals surface area contributed by atoms with Crippen LogP contribution in [0.3, 0.4) is 0 Å². The standard InChI is InChI=1S/C15H12N2O2S2/c1-10(11-5-3-2-4-6-11)20-15-16-13-8-7-12(17(18)19)9-14(13)21-15/h2-10H,1H3. The number of nitrogens with zero attached hydrogens (tertiary/aromatic N) is 2. The summed E-state index contributed by atoms with van der Waals surface area (Å²) in [4.78, 5) is 15.0. The summed E-state index contributed by atoms with van der Waals surface area (Å²) in [6.07, 6.45) is 0. The Bertz CT molecular complexity index is 787. The molecule has 1 aromatic heterocycles. The molecule has 0 bridgehead atoms. The van der Waals surface area contributed by atoms with E-state index in [2.05, 4.69) is 24.0 Å². The highest BCUT2D eigenvalue weighted by molar-refractivity contribution is 8.01. The molecule has 0 amide bonds. The van der Waals surface area contributed by atoms with E-state index >= 15 is 0 Å². The number of non-ortho nitro benzene ring substituents is 1. The van der Waals surface area contributed by atoms with E-state index in [1.807, 2.05) is 18.2 Å². The average Bonchev–Trinajstić information content (AvgIpc) is 2.89. The predicted octanol–water partition coefficient (Wildman–Crippen LogP) is 5.06. The SMILES string of the molecule is CC(Sc1nc2ccc([N+](=O)[O-])cc2s1)c1ccccc1. The zero-order chi connectivity index (χ0) is 14.8. The number of thioether (sulfide) groups is 1. The first-order valence-corrected chi connectivity index (χ1v) is 8.09. The normalized spacial score (nSPS) is 12.4. The zero-order valence-corrected chi connectivity index (χ0v) is 12.9. The van der Waals surface area contributed by atoms with Crippen molar-refractivity contribution in [3.63, 3.8) is 0 Å². The van der Waals surface area contributed by atoms with Crippen molar-refractivity contribution in [3.8, 4) is 0 Å². The lowest BCUT2D eigenvalue weighted by Crippen LogP contribution is -1.86. The van der Waals surface area contributed by atoms with Gasteiger partial charge in [-0.05, 0) is 18.6 Å². The minimum Gasteiger partial charge on any atom is -0.258 e. The second kappa shape index (κ2) is 5.83. The molecule has 0 fully saturated rings. The van der Waals surface area contributed by atoms with Crippen molar-refractivity contribution in [2.45, 2.75) is 16.5 Å². The highest BCUT2D eigenvalue weighted by Gasteiger charge is 2.13. The summed E-state index contributed by atoms with van der Waals surface area (Å²) >= 11 is 3.17. The maximum absolute atomic E-state index is 10.8. The van der Waals surface area contributed by atoms with E-state index < -0.39 is 0 Å². The van der Waals surface area contributed by atoms with Crippen molar-refractivity contribution >= 4 is 39.0 Å². The first kappa shape index (κ1) is 14.0. The van der Waals surface area contributed by atoms with Gasteiger partial charge in [-0.25, -0.2) is 4.98 Å². The molecule has 3 rings (SSSR count). The molecule has 0 aliphatic heterocycles. The summed E-state index contributed by atoms with van der Waals surface area (Å²) in [5.41, 5.74) is 2.17. The van der Waals surface area contributed by atoms with Crippen LogP contribution in [-0.4, -0.2) is 9.91 Å².